The molecule has 6 heteroatoms. The van der Waals surface area contributed by atoms with Crippen LogP contribution < -0.4 is 11.1 Å². The molecule has 2 atom stereocenters. The van der Waals surface area contributed by atoms with Crippen molar-refractivity contribution < 1.29 is 19.1 Å². The molecule has 0 radical (unpaired) electrons. The van der Waals surface area contributed by atoms with E-state index in [-0.39, 0.29) is 12.2 Å². The molecule has 4 N–H and O–H groups in total. The molecule has 0 aromatic heterocycles. The van der Waals surface area contributed by atoms with Crippen LogP contribution in [0.25, 0.3) is 0 Å². The second kappa shape index (κ2) is 7.59. The van der Waals surface area contributed by atoms with Crippen molar-refractivity contribution in [1.82, 2.24) is 5.32 Å². The molecule has 1 aromatic rings. The summed E-state index contributed by atoms with van der Waals surface area (Å²) in [4.78, 5) is 22.4. The smallest absolute Gasteiger partial charge is 0.326 e. The highest BCUT2D eigenvalue weighted by Crippen LogP contribution is 2.09. The Bertz CT molecular complexity index is 477. The number of hydrogen-bond donors (Lipinski definition) is 3. The van der Waals surface area contributed by atoms with E-state index in [1.54, 1.807) is 12.1 Å². The normalized spacial score (nSPS) is 13.6. The maximum atomic E-state index is 13.0. The molecular formula is C14H19FN2O3. The van der Waals surface area contributed by atoms with Gasteiger partial charge < -0.3 is 16.2 Å². The Kier molecular flexibility index (Phi) is 6.11. The number of hydrogen-bond acceptors (Lipinski definition) is 3. The highest BCUT2D eigenvalue weighted by molar-refractivity contribution is 5.86. The predicted molar refractivity (Wildman–Crippen MR) is 72.6 cm³/mol. The Morgan fingerprint density at radius 3 is 2.70 bits per heavy atom. The van der Waals surface area contributed by atoms with Gasteiger partial charge in [-0.15, -0.1) is 0 Å². The molecule has 0 aliphatic carbocycles. The van der Waals surface area contributed by atoms with Crippen LogP contribution in [0.2, 0.25) is 0 Å². The minimum absolute atomic E-state index is 0.268. The van der Waals surface area contributed by atoms with Crippen LogP contribution >= 0.6 is 0 Å². The molecule has 1 unspecified atom stereocenters. The highest BCUT2D eigenvalue weighted by Gasteiger charge is 2.20. The first-order valence-electron chi connectivity index (χ1n) is 6.43. The van der Waals surface area contributed by atoms with Crippen molar-refractivity contribution in [2.45, 2.75) is 38.3 Å². The number of rotatable bonds is 7. The molecule has 0 saturated carbocycles. The third-order valence-corrected chi connectivity index (χ3v) is 2.88. The second-order valence-corrected chi connectivity index (χ2v) is 4.71. The summed E-state index contributed by atoms with van der Waals surface area (Å²) in [6.07, 6.45) is 1.35. The lowest BCUT2D eigenvalue weighted by molar-refractivity contribution is -0.142. The lowest BCUT2D eigenvalue weighted by atomic mass is 10.0. The molecule has 1 rings (SSSR count). The van der Waals surface area contributed by atoms with E-state index < -0.39 is 24.0 Å². The quantitative estimate of drug-likeness (QED) is 0.697. The van der Waals surface area contributed by atoms with Gasteiger partial charge >= 0.3 is 5.97 Å². The van der Waals surface area contributed by atoms with Gasteiger partial charge in [0.05, 0.1) is 6.04 Å². The van der Waals surface area contributed by atoms with Gasteiger partial charge in [0.1, 0.15) is 11.9 Å². The van der Waals surface area contributed by atoms with E-state index >= 15 is 0 Å². The van der Waals surface area contributed by atoms with Gasteiger partial charge in [0.25, 0.3) is 0 Å². The Balaban J connectivity index is 2.47. The molecule has 0 aliphatic heterocycles. The summed E-state index contributed by atoms with van der Waals surface area (Å²) in [6.45, 7) is 1.49. The van der Waals surface area contributed by atoms with Crippen LogP contribution in [0.5, 0.6) is 0 Å². The maximum absolute atomic E-state index is 13.0. The zero-order valence-corrected chi connectivity index (χ0v) is 11.3. The second-order valence-electron chi connectivity index (χ2n) is 4.71. The molecule has 5 nitrogen and oxygen atoms in total. The molecule has 110 valence electrons. The zero-order chi connectivity index (χ0) is 15.1. The van der Waals surface area contributed by atoms with Gasteiger partial charge in [-0.05, 0) is 43.9 Å². The van der Waals surface area contributed by atoms with Crippen LogP contribution in [-0.2, 0) is 16.0 Å². The first-order valence-corrected chi connectivity index (χ1v) is 6.43. The lowest BCUT2D eigenvalue weighted by Gasteiger charge is -2.15. The van der Waals surface area contributed by atoms with Gasteiger partial charge in [-0.2, -0.15) is 0 Å². The van der Waals surface area contributed by atoms with E-state index in [4.69, 9.17) is 10.8 Å². The first kappa shape index (κ1) is 16.1. The number of nitrogens with one attached hydrogen (secondary N) is 1. The SMILES string of the molecule is C[C@@H](N)C(=O)NC(CCCc1cccc(F)c1)C(=O)O. The summed E-state index contributed by atoms with van der Waals surface area (Å²) < 4.78 is 13.0. The van der Waals surface area contributed by atoms with Crippen molar-refractivity contribution in [1.29, 1.82) is 0 Å². The van der Waals surface area contributed by atoms with Gasteiger partial charge in [0.15, 0.2) is 0 Å². The number of aliphatic carboxylic acids is 1. The van der Waals surface area contributed by atoms with Gasteiger partial charge in [0.2, 0.25) is 5.91 Å². The van der Waals surface area contributed by atoms with Gasteiger partial charge in [-0.3, -0.25) is 4.79 Å². The summed E-state index contributed by atoms with van der Waals surface area (Å²) in [5, 5.41) is 11.4. The number of aryl methyl sites for hydroxylation is 1. The molecule has 0 saturated heterocycles. The first-order chi connectivity index (χ1) is 9.40. The Morgan fingerprint density at radius 1 is 1.45 bits per heavy atom. The summed E-state index contributed by atoms with van der Waals surface area (Å²) in [5.74, 6) is -1.91. The predicted octanol–water partition coefficient (Wildman–Crippen LogP) is 1.06. The van der Waals surface area contributed by atoms with Crippen molar-refractivity contribution in [3.63, 3.8) is 0 Å². The number of carbonyl (C=O) groups excluding carboxylic acids is 1. The number of amides is 1. The van der Waals surface area contributed by atoms with Gasteiger partial charge in [0, 0.05) is 0 Å². The maximum Gasteiger partial charge on any atom is 0.326 e. The number of benzene rings is 1. The molecule has 0 fully saturated rings. The largest absolute Gasteiger partial charge is 0.480 e. The van der Waals surface area contributed by atoms with E-state index in [1.165, 1.54) is 19.1 Å². The average Bonchev–Trinajstić information content (AvgIpc) is 2.37. The molecule has 1 aromatic carbocycles. The average molecular weight is 282 g/mol. The highest BCUT2D eigenvalue weighted by atomic mass is 19.1. The van der Waals surface area contributed by atoms with Crippen molar-refractivity contribution in [3.8, 4) is 0 Å². The monoisotopic (exact) mass is 282 g/mol. The van der Waals surface area contributed by atoms with Crippen LogP contribution in [0.3, 0.4) is 0 Å². The van der Waals surface area contributed by atoms with Crippen LogP contribution in [0, 0.1) is 5.82 Å². The number of carboxylic acid groups (broad SMARTS) is 1. The summed E-state index contributed by atoms with van der Waals surface area (Å²) in [7, 11) is 0. The molecule has 0 aliphatic rings. The van der Waals surface area contributed by atoms with Crippen LogP contribution in [0.1, 0.15) is 25.3 Å². The van der Waals surface area contributed by atoms with Crippen molar-refractivity contribution in [2.24, 2.45) is 5.73 Å². The van der Waals surface area contributed by atoms with Crippen molar-refractivity contribution in [3.05, 3.63) is 35.6 Å². The Labute approximate surface area is 117 Å². The minimum atomic E-state index is -1.10. The van der Waals surface area contributed by atoms with E-state index in [0.717, 1.165) is 5.56 Å². The van der Waals surface area contributed by atoms with Crippen molar-refractivity contribution >= 4 is 11.9 Å². The van der Waals surface area contributed by atoms with E-state index in [0.29, 0.717) is 12.8 Å². The molecule has 0 heterocycles. The van der Waals surface area contributed by atoms with Crippen LogP contribution in [0.15, 0.2) is 24.3 Å². The van der Waals surface area contributed by atoms with Gasteiger partial charge in [-0.25, -0.2) is 9.18 Å². The molecule has 1 amide bonds. The fraction of sp³-hybridized carbons (Fsp3) is 0.429. The third kappa shape index (κ3) is 5.36. The van der Waals surface area contributed by atoms with Crippen molar-refractivity contribution in [2.75, 3.05) is 0 Å². The van der Waals surface area contributed by atoms with Crippen LogP contribution in [0.4, 0.5) is 4.39 Å². The lowest BCUT2D eigenvalue weighted by Crippen LogP contribution is -2.47. The summed E-state index contributed by atoms with van der Waals surface area (Å²) in [5.41, 5.74) is 6.17. The molecule has 0 bridgehead atoms. The number of carbonyl (C=O) groups is 2. The molecule has 0 spiro atoms. The number of nitrogens with two attached hydrogens (primary N) is 1. The molecular weight excluding hydrogens is 263 g/mol. The topological polar surface area (TPSA) is 92.4 Å². The Hall–Kier alpha value is -1.95. The van der Waals surface area contributed by atoms with E-state index in [9.17, 15) is 14.0 Å². The van der Waals surface area contributed by atoms with E-state index in [2.05, 4.69) is 5.32 Å². The summed E-state index contributed by atoms with van der Waals surface area (Å²) in [6, 6.07) is 4.43. The fourth-order valence-electron chi connectivity index (χ4n) is 1.76. The standard InChI is InChI=1S/C14H19FN2O3/c1-9(16)13(18)17-12(14(19)20)7-3-5-10-4-2-6-11(15)8-10/h2,4,6,8-9,12H,3,5,7,16H2,1H3,(H,17,18)(H,19,20)/t9-,12?/m1/s1. The summed E-state index contributed by atoms with van der Waals surface area (Å²) >= 11 is 0. The number of halogens is 1. The zero-order valence-electron chi connectivity index (χ0n) is 11.3. The fourth-order valence-corrected chi connectivity index (χ4v) is 1.76. The van der Waals surface area contributed by atoms with Crippen LogP contribution in [-0.4, -0.2) is 29.1 Å². The van der Waals surface area contributed by atoms with Gasteiger partial charge in [-0.1, -0.05) is 12.1 Å². The molecule has 20 heavy (non-hydrogen) atoms. The van der Waals surface area contributed by atoms with E-state index in [1.807, 2.05) is 0 Å². The third-order valence-electron chi connectivity index (χ3n) is 2.88. The number of carboxylic acids is 1. The minimum Gasteiger partial charge on any atom is -0.480 e. The Morgan fingerprint density at radius 2 is 2.15 bits per heavy atom.